The number of ether oxygens (including phenoxy) is 1. The van der Waals surface area contributed by atoms with Crippen molar-refractivity contribution in [2.45, 2.75) is 45.2 Å². The molecule has 0 aliphatic carbocycles. The lowest BCUT2D eigenvalue weighted by molar-refractivity contribution is -0.0165. The molecule has 27 heavy (non-hydrogen) atoms. The van der Waals surface area contributed by atoms with E-state index in [1.54, 1.807) is 0 Å². The van der Waals surface area contributed by atoms with Crippen molar-refractivity contribution in [2.24, 2.45) is 0 Å². The molecule has 2 amide bonds. The van der Waals surface area contributed by atoms with E-state index in [2.05, 4.69) is 39.3 Å². The molecule has 2 aliphatic rings. The van der Waals surface area contributed by atoms with Crippen molar-refractivity contribution in [3.05, 3.63) is 23.9 Å². The number of rotatable bonds is 7. The van der Waals surface area contributed by atoms with E-state index < -0.39 is 0 Å². The Morgan fingerprint density at radius 2 is 1.93 bits per heavy atom. The average Bonchev–Trinajstić information content (AvgIpc) is 3.26. The summed E-state index contributed by atoms with van der Waals surface area (Å²) in [5.41, 5.74) is 0.972. The summed E-state index contributed by atoms with van der Waals surface area (Å²) in [4.78, 5) is 21.5. The number of aromatic nitrogens is 1. The van der Waals surface area contributed by atoms with Crippen LogP contribution in [0.5, 0.6) is 0 Å². The molecule has 150 valence electrons. The SMILES string of the molecule is CC[C@@](C)(CNC(=O)NCc1ccc(N2CCCC2)nc1)N1CCOCC1. The molecular weight excluding hydrogens is 342 g/mol. The molecule has 2 aliphatic heterocycles. The number of nitrogens with one attached hydrogen (secondary N) is 2. The fourth-order valence-corrected chi connectivity index (χ4v) is 3.73. The number of anilines is 1. The molecule has 2 N–H and O–H groups in total. The largest absolute Gasteiger partial charge is 0.379 e. The maximum absolute atomic E-state index is 12.2. The molecule has 0 radical (unpaired) electrons. The van der Waals surface area contributed by atoms with Gasteiger partial charge in [0.1, 0.15) is 5.82 Å². The molecule has 0 unspecified atom stereocenters. The van der Waals surface area contributed by atoms with Gasteiger partial charge in [0.25, 0.3) is 0 Å². The van der Waals surface area contributed by atoms with Gasteiger partial charge in [0, 0.05) is 51.0 Å². The van der Waals surface area contributed by atoms with Gasteiger partial charge in [-0.25, -0.2) is 9.78 Å². The molecule has 3 heterocycles. The molecule has 0 spiro atoms. The Hall–Kier alpha value is -1.86. The topological polar surface area (TPSA) is 69.7 Å². The van der Waals surface area contributed by atoms with Gasteiger partial charge in [0.05, 0.1) is 13.2 Å². The number of nitrogens with zero attached hydrogens (tertiary/aromatic N) is 3. The normalized spacial score (nSPS) is 20.3. The van der Waals surface area contributed by atoms with Gasteiger partial charge in [-0.3, -0.25) is 4.90 Å². The summed E-state index contributed by atoms with van der Waals surface area (Å²) in [6.45, 7) is 11.0. The van der Waals surface area contributed by atoms with E-state index in [4.69, 9.17) is 4.74 Å². The molecule has 3 rings (SSSR count). The molecule has 7 heteroatoms. The highest BCUT2D eigenvalue weighted by molar-refractivity contribution is 5.73. The predicted molar refractivity (Wildman–Crippen MR) is 107 cm³/mol. The summed E-state index contributed by atoms with van der Waals surface area (Å²) in [7, 11) is 0. The third kappa shape index (κ3) is 5.32. The zero-order valence-corrected chi connectivity index (χ0v) is 16.7. The number of carbonyl (C=O) groups excluding carboxylic acids is 1. The molecular formula is C20H33N5O2. The van der Waals surface area contributed by atoms with Crippen LogP contribution >= 0.6 is 0 Å². The molecule has 1 aromatic heterocycles. The zero-order chi connectivity index (χ0) is 19.1. The van der Waals surface area contributed by atoms with Crippen LogP contribution in [0, 0.1) is 0 Å². The van der Waals surface area contributed by atoms with Gasteiger partial charge < -0.3 is 20.3 Å². The maximum atomic E-state index is 12.2. The minimum Gasteiger partial charge on any atom is -0.379 e. The van der Waals surface area contributed by atoms with Crippen LogP contribution < -0.4 is 15.5 Å². The Morgan fingerprint density at radius 3 is 2.56 bits per heavy atom. The average molecular weight is 376 g/mol. The summed E-state index contributed by atoms with van der Waals surface area (Å²) >= 11 is 0. The first-order valence-corrected chi connectivity index (χ1v) is 10.1. The van der Waals surface area contributed by atoms with Crippen molar-refractivity contribution in [1.29, 1.82) is 0 Å². The van der Waals surface area contributed by atoms with Crippen LogP contribution in [0.2, 0.25) is 0 Å². The summed E-state index contributed by atoms with van der Waals surface area (Å²) < 4.78 is 5.44. The number of hydrogen-bond acceptors (Lipinski definition) is 5. The highest BCUT2D eigenvalue weighted by Crippen LogP contribution is 2.20. The Labute approximate surface area is 162 Å². The quantitative estimate of drug-likeness (QED) is 0.763. The van der Waals surface area contributed by atoms with Gasteiger partial charge >= 0.3 is 6.03 Å². The first-order valence-electron chi connectivity index (χ1n) is 10.1. The van der Waals surface area contributed by atoms with E-state index >= 15 is 0 Å². The van der Waals surface area contributed by atoms with E-state index in [0.29, 0.717) is 13.1 Å². The summed E-state index contributed by atoms with van der Waals surface area (Å²) in [5.74, 6) is 1.03. The van der Waals surface area contributed by atoms with Crippen molar-refractivity contribution in [3.8, 4) is 0 Å². The number of amides is 2. The first kappa shape index (κ1) is 19.9. The van der Waals surface area contributed by atoms with Crippen LogP contribution in [0.15, 0.2) is 18.3 Å². The number of morpholine rings is 1. The summed E-state index contributed by atoms with van der Waals surface area (Å²) in [6, 6.07) is 3.96. The lowest BCUT2D eigenvalue weighted by Crippen LogP contribution is -2.57. The predicted octanol–water partition coefficient (Wildman–Crippen LogP) is 1.98. The lowest BCUT2D eigenvalue weighted by Gasteiger charge is -2.43. The highest BCUT2D eigenvalue weighted by Gasteiger charge is 2.31. The van der Waals surface area contributed by atoms with Gasteiger partial charge in [0.2, 0.25) is 0 Å². The molecule has 0 aromatic carbocycles. The van der Waals surface area contributed by atoms with E-state index in [1.165, 1.54) is 12.8 Å². The smallest absolute Gasteiger partial charge is 0.315 e. The second kappa shape index (κ2) is 9.37. The van der Waals surface area contributed by atoms with Crippen molar-refractivity contribution >= 4 is 11.8 Å². The summed E-state index contributed by atoms with van der Waals surface area (Å²) in [6.07, 6.45) is 5.32. The van der Waals surface area contributed by atoms with Crippen LogP contribution in [0.3, 0.4) is 0 Å². The molecule has 2 saturated heterocycles. The second-order valence-electron chi connectivity index (χ2n) is 7.70. The standard InChI is InChI=1S/C20H33N5O2/c1-3-20(2,25-10-12-27-13-11-25)16-23-19(26)22-15-17-6-7-18(21-14-17)24-8-4-5-9-24/h6-7,14H,3-5,8-13,15-16H2,1-2H3,(H2,22,23,26)/t20-/m0/s1. The molecule has 1 atom stereocenters. The van der Waals surface area contributed by atoms with Crippen LogP contribution in [0.25, 0.3) is 0 Å². The Bertz CT molecular complexity index is 597. The monoisotopic (exact) mass is 375 g/mol. The molecule has 1 aromatic rings. The lowest BCUT2D eigenvalue weighted by atomic mass is 9.95. The number of hydrogen-bond donors (Lipinski definition) is 2. The number of pyridine rings is 1. The summed E-state index contributed by atoms with van der Waals surface area (Å²) in [5, 5.41) is 5.98. The molecule has 0 bridgehead atoms. The van der Waals surface area contributed by atoms with Crippen molar-refractivity contribution in [2.75, 3.05) is 50.8 Å². The molecule has 7 nitrogen and oxygen atoms in total. The van der Waals surface area contributed by atoms with Gasteiger partial charge in [0.15, 0.2) is 0 Å². The zero-order valence-electron chi connectivity index (χ0n) is 16.7. The van der Waals surface area contributed by atoms with Gasteiger partial charge in [-0.15, -0.1) is 0 Å². The molecule has 0 saturated carbocycles. The van der Waals surface area contributed by atoms with E-state index in [1.807, 2.05) is 18.3 Å². The highest BCUT2D eigenvalue weighted by atomic mass is 16.5. The second-order valence-corrected chi connectivity index (χ2v) is 7.70. The Kier molecular flexibility index (Phi) is 6.90. The van der Waals surface area contributed by atoms with Crippen LogP contribution in [0.1, 0.15) is 38.7 Å². The van der Waals surface area contributed by atoms with E-state index in [0.717, 1.165) is 57.2 Å². The maximum Gasteiger partial charge on any atom is 0.315 e. The third-order valence-corrected chi connectivity index (χ3v) is 5.86. The van der Waals surface area contributed by atoms with Crippen LogP contribution in [-0.4, -0.2) is 67.4 Å². The van der Waals surface area contributed by atoms with Gasteiger partial charge in [-0.05, 0) is 37.8 Å². The fraction of sp³-hybridized carbons (Fsp3) is 0.700. The van der Waals surface area contributed by atoms with Crippen molar-refractivity contribution in [3.63, 3.8) is 0 Å². The van der Waals surface area contributed by atoms with Crippen LogP contribution in [0.4, 0.5) is 10.6 Å². The van der Waals surface area contributed by atoms with E-state index in [-0.39, 0.29) is 11.6 Å². The minimum atomic E-state index is -0.133. The Balaban J connectivity index is 1.43. The minimum absolute atomic E-state index is 0.0416. The number of carbonyl (C=O) groups is 1. The Morgan fingerprint density at radius 1 is 1.19 bits per heavy atom. The first-order chi connectivity index (χ1) is 13.1. The van der Waals surface area contributed by atoms with E-state index in [9.17, 15) is 4.79 Å². The molecule has 2 fully saturated rings. The van der Waals surface area contributed by atoms with Gasteiger partial charge in [-0.2, -0.15) is 0 Å². The number of urea groups is 1. The third-order valence-electron chi connectivity index (χ3n) is 5.86. The van der Waals surface area contributed by atoms with Crippen LogP contribution in [-0.2, 0) is 11.3 Å². The van der Waals surface area contributed by atoms with Gasteiger partial charge in [-0.1, -0.05) is 13.0 Å². The fourth-order valence-electron chi connectivity index (χ4n) is 3.73. The van der Waals surface area contributed by atoms with Crippen molar-refractivity contribution < 1.29 is 9.53 Å². The van der Waals surface area contributed by atoms with Crippen molar-refractivity contribution in [1.82, 2.24) is 20.5 Å².